The number of nitrogens with one attached hydrogen (secondary N) is 1. The summed E-state index contributed by atoms with van der Waals surface area (Å²) in [5.41, 5.74) is 1.85. The molecule has 120 valence electrons. The lowest BCUT2D eigenvalue weighted by Crippen LogP contribution is -2.36. The fraction of sp³-hybridized carbons (Fsp3) is 0.350. The van der Waals surface area contributed by atoms with E-state index in [1.54, 1.807) is 0 Å². The fourth-order valence-electron chi connectivity index (χ4n) is 3.00. The molecule has 1 saturated carbocycles. The van der Waals surface area contributed by atoms with Gasteiger partial charge >= 0.3 is 0 Å². The number of rotatable bonds is 4. The molecule has 1 amide bonds. The molecule has 1 N–H and O–H groups in total. The van der Waals surface area contributed by atoms with Gasteiger partial charge in [0.2, 0.25) is 0 Å². The van der Waals surface area contributed by atoms with Gasteiger partial charge < -0.3 is 10.1 Å². The van der Waals surface area contributed by atoms with E-state index in [-0.39, 0.29) is 5.91 Å². The van der Waals surface area contributed by atoms with Crippen LogP contribution in [0.4, 0.5) is 0 Å². The number of amides is 1. The third-order valence-electron chi connectivity index (χ3n) is 4.28. The summed E-state index contributed by atoms with van der Waals surface area (Å²) >= 11 is 0. The lowest BCUT2D eigenvalue weighted by Gasteiger charge is -2.22. The van der Waals surface area contributed by atoms with Gasteiger partial charge in [-0.25, -0.2) is 0 Å². The molecule has 0 spiro atoms. The summed E-state index contributed by atoms with van der Waals surface area (Å²) in [7, 11) is 0. The molecule has 0 unspecified atom stereocenters. The monoisotopic (exact) mass is 309 g/mol. The standard InChI is InChI=1S/C20H23NO2/c1-15-6-5-9-19(14-15)23-18-12-10-16(11-13-18)20(22)21-17-7-3-2-4-8-17/h5-6,9-14,17H,2-4,7-8H2,1H3,(H,21,22). The van der Waals surface area contributed by atoms with E-state index in [1.807, 2.05) is 55.5 Å². The molecular weight excluding hydrogens is 286 g/mol. The van der Waals surface area contributed by atoms with Crippen molar-refractivity contribution >= 4 is 5.91 Å². The first-order valence-corrected chi connectivity index (χ1v) is 8.36. The van der Waals surface area contributed by atoms with Gasteiger partial charge in [0.15, 0.2) is 0 Å². The summed E-state index contributed by atoms with van der Waals surface area (Å²) < 4.78 is 5.81. The van der Waals surface area contributed by atoms with E-state index in [4.69, 9.17) is 4.74 Å². The van der Waals surface area contributed by atoms with Gasteiger partial charge in [-0.1, -0.05) is 31.4 Å². The van der Waals surface area contributed by atoms with Gasteiger partial charge in [-0.2, -0.15) is 0 Å². The lowest BCUT2D eigenvalue weighted by molar-refractivity contribution is 0.0927. The molecule has 1 fully saturated rings. The molecule has 0 aromatic heterocycles. The predicted molar refractivity (Wildman–Crippen MR) is 92.0 cm³/mol. The Balaban J connectivity index is 1.61. The molecule has 1 aliphatic rings. The van der Waals surface area contributed by atoms with Crippen molar-refractivity contribution in [1.82, 2.24) is 5.32 Å². The lowest BCUT2D eigenvalue weighted by atomic mass is 9.95. The molecule has 0 saturated heterocycles. The predicted octanol–water partition coefficient (Wildman–Crippen LogP) is 4.85. The van der Waals surface area contributed by atoms with Gasteiger partial charge in [0.1, 0.15) is 11.5 Å². The van der Waals surface area contributed by atoms with E-state index in [0.717, 1.165) is 29.9 Å². The van der Waals surface area contributed by atoms with E-state index in [1.165, 1.54) is 19.3 Å². The van der Waals surface area contributed by atoms with Gasteiger partial charge in [0, 0.05) is 11.6 Å². The van der Waals surface area contributed by atoms with Crippen molar-refractivity contribution in [2.24, 2.45) is 0 Å². The Kier molecular flexibility index (Phi) is 4.96. The first-order chi connectivity index (χ1) is 11.2. The number of hydrogen-bond donors (Lipinski definition) is 1. The number of aryl methyl sites for hydroxylation is 1. The van der Waals surface area contributed by atoms with Gasteiger partial charge in [-0.3, -0.25) is 4.79 Å². The molecule has 3 rings (SSSR count). The summed E-state index contributed by atoms with van der Waals surface area (Å²) in [6, 6.07) is 15.6. The van der Waals surface area contributed by atoms with Crippen LogP contribution in [0.3, 0.4) is 0 Å². The average Bonchev–Trinajstić information content (AvgIpc) is 2.56. The van der Waals surface area contributed by atoms with Crippen LogP contribution in [-0.4, -0.2) is 11.9 Å². The second-order valence-electron chi connectivity index (χ2n) is 6.25. The SMILES string of the molecule is Cc1cccc(Oc2ccc(C(=O)NC3CCCCC3)cc2)c1. The van der Waals surface area contributed by atoms with Crippen molar-refractivity contribution in [1.29, 1.82) is 0 Å². The second-order valence-corrected chi connectivity index (χ2v) is 6.25. The van der Waals surface area contributed by atoms with E-state index in [2.05, 4.69) is 5.32 Å². The molecule has 0 bridgehead atoms. The highest BCUT2D eigenvalue weighted by atomic mass is 16.5. The van der Waals surface area contributed by atoms with Crippen LogP contribution in [0.15, 0.2) is 48.5 Å². The summed E-state index contributed by atoms with van der Waals surface area (Å²) in [4.78, 5) is 12.3. The maximum absolute atomic E-state index is 12.3. The molecule has 0 atom stereocenters. The van der Waals surface area contributed by atoms with E-state index in [0.29, 0.717) is 11.6 Å². The first-order valence-electron chi connectivity index (χ1n) is 8.36. The zero-order valence-corrected chi connectivity index (χ0v) is 13.5. The Hall–Kier alpha value is -2.29. The van der Waals surface area contributed by atoms with Crippen molar-refractivity contribution < 1.29 is 9.53 Å². The van der Waals surface area contributed by atoms with Crippen LogP contribution in [0, 0.1) is 6.92 Å². The van der Waals surface area contributed by atoms with E-state index < -0.39 is 0 Å². The van der Waals surface area contributed by atoms with Gasteiger partial charge in [0.25, 0.3) is 5.91 Å². The zero-order valence-electron chi connectivity index (χ0n) is 13.5. The minimum atomic E-state index is 0.0130. The molecule has 3 heteroatoms. The third-order valence-corrected chi connectivity index (χ3v) is 4.28. The number of carbonyl (C=O) groups is 1. The van der Waals surface area contributed by atoms with Crippen LogP contribution in [0.1, 0.15) is 48.0 Å². The van der Waals surface area contributed by atoms with Crippen LogP contribution in [0.5, 0.6) is 11.5 Å². The zero-order chi connectivity index (χ0) is 16.1. The summed E-state index contributed by atoms with van der Waals surface area (Å²) in [5, 5.41) is 3.13. The minimum absolute atomic E-state index is 0.0130. The number of carbonyl (C=O) groups excluding carboxylic acids is 1. The first kappa shape index (κ1) is 15.6. The number of benzene rings is 2. The molecule has 0 heterocycles. The second kappa shape index (κ2) is 7.32. The summed E-state index contributed by atoms with van der Waals surface area (Å²) in [6.45, 7) is 2.03. The van der Waals surface area contributed by atoms with Gasteiger partial charge in [0.05, 0.1) is 0 Å². The highest BCUT2D eigenvalue weighted by Crippen LogP contribution is 2.23. The van der Waals surface area contributed by atoms with Gasteiger partial charge in [-0.05, 0) is 61.7 Å². The fourth-order valence-corrected chi connectivity index (χ4v) is 3.00. The quantitative estimate of drug-likeness (QED) is 0.876. The maximum atomic E-state index is 12.3. The Labute approximate surface area is 137 Å². The molecule has 23 heavy (non-hydrogen) atoms. The molecule has 0 aliphatic heterocycles. The van der Waals surface area contributed by atoms with Crippen LogP contribution in [-0.2, 0) is 0 Å². The average molecular weight is 309 g/mol. The number of hydrogen-bond acceptors (Lipinski definition) is 2. The van der Waals surface area contributed by atoms with Crippen LogP contribution in [0.25, 0.3) is 0 Å². The topological polar surface area (TPSA) is 38.3 Å². The molecule has 3 nitrogen and oxygen atoms in total. The third kappa shape index (κ3) is 4.35. The highest BCUT2D eigenvalue weighted by molar-refractivity contribution is 5.94. The van der Waals surface area contributed by atoms with Crippen LogP contribution in [0.2, 0.25) is 0 Å². The van der Waals surface area contributed by atoms with Gasteiger partial charge in [-0.15, -0.1) is 0 Å². The number of ether oxygens (including phenoxy) is 1. The summed E-state index contributed by atoms with van der Waals surface area (Å²) in [5.74, 6) is 1.56. The van der Waals surface area contributed by atoms with Crippen molar-refractivity contribution in [3.8, 4) is 11.5 Å². The maximum Gasteiger partial charge on any atom is 0.251 e. The summed E-state index contributed by atoms with van der Waals surface area (Å²) in [6.07, 6.45) is 5.92. The smallest absolute Gasteiger partial charge is 0.251 e. The van der Waals surface area contributed by atoms with E-state index in [9.17, 15) is 4.79 Å². The molecule has 1 aliphatic carbocycles. The largest absolute Gasteiger partial charge is 0.457 e. The van der Waals surface area contributed by atoms with Crippen molar-refractivity contribution in [3.05, 3.63) is 59.7 Å². The molecule has 2 aromatic rings. The van der Waals surface area contributed by atoms with Crippen molar-refractivity contribution in [3.63, 3.8) is 0 Å². The minimum Gasteiger partial charge on any atom is -0.457 e. The highest BCUT2D eigenvalue weighted by Gasteiger charge is 2.16. The molecular formula is C20H23NO2. The van der Waals surface area contributed by atoms with Crippen LogP contribution < -0.4 is 10.1 Å². The molecule has 0 radical (unpaired) electrons. The van der Waals surface area contributed by atoms with E-state index >= 15 is 0 Å². The Morgan fingerprint density at radius 3 is 2.43 bits per heavy atom. The molecule has 2 aromatic carbocycles. The Morgan fingerprint density at radius 1 is 1.00 bits per heavy atom. The van der Waals surface area contributed by atoms with Crippen molar-refractivity contribution in [2.45, 2.75) is 45.1 Å². The van der Waals surface area contributed by atoms with Crippen LogP contribution >= 0.6 is 0 Å². The van der Waals surface area contributed by atoms with Crippen molar-refractivity contribution in [2.75, 3.05) is 0 Å². The Bertz CT molecular complexity index is 658. The Morgan fingerprint density at radius 2 is 1.74 bits per heavy atom. The normalized spacial score (nSPS) is 15.2.